The fourth-order valence-electron chi connectivity index (χ4n) is 1.55. The highest BCUT2D eigenvalue weighted by molar-refractivity contribution is 9.10. The molecule has 1 aromatic carbocycles. The lowest BCUT2D eigenvalue weighted by atomic mass is 10.2. The molecule has 0 saturated heterocycles. The highest BCUT2D eigenvalue weighted by atomic mass is 79.9. The molecule has 0 radical (unpaired) electrons. The zero-order chi connectivity index (χ0) is 16.0. The number of benzene rings is 1. The SMILES string of the molecule is COCC(O)CCNS(=O)(=O)c1ccc(Br)c(C(=O)O)c1. The van der Waals surface area contributed by atoms with Gasteiger partial charge in [0.1, 0.15) is 0 Å². The smallest absolute Gasteiger partial charge is 0.336 e. The van der Waals surface area contributed by atoms with Crippen LogP contribution in [0.4, 0.5) is 0 Å². The number of aliphatic hydroxyl groups excluding tert-OH is 1. The fraction of sp³-hybridized carbons (Fsp3) is 0.417. The van der Waals surface area contributed by atoms with E-state index in [4.69, 9.17) is 9.84 Å². The van der Waals surface area contributed by atoms with Crippen LogP contribution >= 0.6 is 15.9 Å². The number of nitrogens with one attached hydrogen (secondary N) is 1. The van der Waals surface area contributed by atoms with Gasteiger partial charge in [0.2, 0.25) is 10.0 Å². The number of carboxylic acids is 1. The summed E-state index contributed by atoms with van der Waals surface area (Å²) in [6, 6.07) is 3.72. The molecule has 0 aliphatic rings. The number of aromatic carboxylic acids is 1. The Morgan fingerprint density at radius 2 is 2.14 bits per heavy atom. The van der Waals surface area contributed by atoms with Crippen molar-refractivity contribution in [2.75, 3.05) is 20.3 Å². The summed E-state index contributed by atoms with van der Waals surface area (Å²) in [5.74, 6) is -1.23. The molecular weight excluding hydrogens is 366 g/mol. The van der Waals surface area contributed by atoms with Gasteiger partial charge in [0.15, 0.2) is 0 Å². The van der Waals surface area contributed by atoms with Gasteiger partial charge in [0, 0.05) is 18.1 Å². The molecule has 1 rings (SSSR count). The Hall–Kier alpha value is -1.00. The van der Waals surface area contributed by atoms with Crippen LogP contribution in [0.1, 0.15) is 16.8 Å². The van der Waals surface area contributed by atoms with E-state index in [-0.39, 0.29) is 30.0 Å². The number of sulfonamides is 1. The van der Waals surface area contributed by atoms with Crippen LogP contribution in [-0.2, 0) is 14.8 Å². The Morgan fingerprint density at radius 3 is 2.71 bits per heavy atom. The number of ether oxygens (including phenoxy) is 1. The van der Waals surface area contributed by atoms with Gasteiger partial charge in [0.25, 0.3) is 0 Å². The molecule has 1 aromatic rings. The molecule has 1 unspecified atom stereocenters. The fourth-order valence-corrected chi connectivity index (χ4v) is 3.04. The minimum absolute atomic E-state index is 0.0192. The molecule has 0 spiro atoms. The molecule has 3 N–H and O–H groups in total. The van der Waals surface area contributed by atoms with Gasteiger partial charge in [-0.05, 0) is 40.5 Å². The Morgan fingerprint density at radius 1 is 1.48 bits per heavy atom. The number of hydrogen-bond donors (Lipinski definition) is 3. The van der Waals surface area contributed by atoms with Crippen LogP contribution in [0, 0.1) is 0 Å². The van der Waals surface area contributed by atoms with E-state index in [1.807, 2.05) is 0 Å². The number of aliphatic hydroxyl groups is 1. The van der Waals surface area contributed by atoms with Crippen molar-refractivity contribution in [3.8, 4) is 0 Å². The van der Waals surface area contributed by atoms with Crippen LogP contribution in [0.25, 0.3) is 0 Å². The molecule has 0 aromatic heterocycles. The first-order valence-electron chi connectivity index (χ1n) is 5.97. The third-order valence-corrected chi connectivity index (χ3v) is 4.76. The van der Waals surface area contributed by atoms with E-state index < -0.39 is 22.1 Å². The highest BCUT2D eigenvalue weighted by Gasteiger charge is 2.18. The van der Waals surface area contributed by atoms with E-state index in [0.29, 0.717) is 4.47 Å². The monoisotopic (exact) mass is 381 g/mol. The first kappa shape index (κ1) is 18.1. The maximum absolute atomic E-state index is 12.0. The van der Waals surface area contributed by atoms with Crippen LogP contribution in [0.15, 0.2) is 27.6 Å². The van der Waals surface area contributed by atoms with Crippen LogP contribution in [0.5, 0.6) is 0 Å². The van der Waals surface area contributed by atoms with E-state index in [1.54, 1.807) is 0 Å². The van der Waals surface area contributed by atoms with Gasteiger partial charge in [-0.1, -0.05) is 0 Å². The zero-order valence-electron chi connectivity index (χ0n) is 11.2. The molecule has 0 heterocycles. The van der Waals surface area contributed by atoms with Gasteiger partial charge >= 0.3 is 5.97 Å². The number of carbonyl (C=O) groups is 1. The zero-order valence-corrected chi connectivity index (χ0v) is 13.6. The Kier molecular flexibility index (Phi) is 6.75. The summed E-state index contributed by atoms with van der Waals surface area (Å²) in [4.78, 5) is 10.8. The minimum Gasteiger partial charge on any atom is -0.478 e. The largest absolute Gasteiger partial charge is 0.478 e. The minimum atomic E-state index is -3.83. The van der Waals surface area contributed by atoms with E-state index in [9.17, 15) is 18.3 Å². The third kappa shape index (κ3) is 5.36. The summed E-state index contributed by atoms with van der Waals surface area (Å²) in [5.41, 5.74) is -0.141. The van der Waals surface area contributed by atoms with Crippen LogP contribution < -0.4 is 4.72 Å². The second kappa shape index (κ2) is 7.85. The molecule has 0 bridgehead atoms. The maximum Gasteiger partial charge on any atom is 0.336 e. The third-order valence-electron chi connectivity index (χ3n) is 2.61. The number of halogens is 1. The average molecular weight is 382 g/mol. The van der Waals surface area contributed by atoms with Crippen molar-refractivity contribution >= 4 is 31.9 Å². The molecule has 9 heteroatoms. The first-order valence-corrected chi connectivity index (χ1v) is 8.25. The van der Waals surface area contributed by atoms with Crippen molar-refractivity contribution in [1.29, 1.82) is 0 Å². The van der Waals surface area contributed by atoms with Gasteiger partial charge in [-0.2, -0.15) is 0 Å². The summed E-state index contributed by atoms with van der Waals surface area (Å²) in [5, 5.41) is 18.4. The number of methoxy groups -OCH3 is 1. The standard InChI is InChI=1S/C12H16BrNO6S/c1-20-7-8(15)4-5-14-21(18,19)9-2-3-11(13)10(6-9)12(16)17/h2-3,6,8,14-15H,4-5,7H2,1H3,(H,16,17). The predicted octanol–water partition coefficient (Wildman–Crippen LogP) is 0.823. The Bertz CT molecular complexity index is 604. The second-order valence-electron chi connectivity index (χ2n) is 4.24. The average Bonchev–Trinajstić information content (AvgIpc) is 2.38. The molecule has 0 saturated carbocycles. The molecule has 7 nitrogen and oxygen atoms in total. The predicted molar refractivity (Wildman–Crippen MR) is 78.8 cm³/mol. The second-order valence-corrected chi connectivity index (χ2v) is 6.86. The summed E-state index contributed by atoms with van der Waals surface area (Å²) in [6.45, 7) is 0.133. The molecular formula is C12H16BrNO6S. The topological polar surface area (TPSA) is 113 Å². The lowest BCUT2D eigenvalue weighted by molar-refractivity contribution is 0.0603. The molecule has 0 aliphatic heterocycles. The van der Waals surface area contributed by atoms with E-state index in [0.717, 1.165) is 6.07 Å². The van der Waals surface area contributed by atoms with Crippen LogP contribution in [-0.4, -0.2) is 51.0 Å². The van der Waals surface area contributed by atoms with Crippen molar-refractivity contribution < 1.29 is 28.2 Å². The van der Waals surface area contributed by atoms with Crippen molar-refractivity contribution in [1.82, 2.24) is 4.72 Å². The Labute approximate surface area is 131 Å². The summed E-state index contributed by atoms with van der Waals surface area (Å²) in [6.07, 6.45) is -0.577. The maximum atomic E-state index is 12.0. The van der Waals surface area contributed by atoms with Crippen molar-refractivity contribution in [3.05, 3.63) is 28.2 Å². The highest BCUT2D eigenvalue weighted by Crippen LogP contribution is 2.21. The number of carboxylic acid groups (broad SMARTS) is 1. The molecule has 0 aliphatic carbocycles. The van der Waals surface area contributed by atoms with Gasteiger partial charge < -0.3 is 14.9 Å². The van der Waals surface area contributed by atoms with Gasteiger partial charge in [-0.15, -0.1) is 0 Å². The van der Waals surface area contributed by atoms with Gasteiger partial charge in [0.05, 0.1) is 23.2 Å². The number of hydrogen-bond acceptors (Lipinski definition) is 5. The molecule has 118 valence electrons. The summed E-state index contributed by atoms with van der Waals surface area (Å²) in [7, 11) is -2.40. The van der Waals surface area contributed by atoms with Gasteiger partial charge in [-0.25, -0.2) is 17.9 Å². The molecule has 1 atom stereocenters. The van der Waals surface area contributed by atoms with Crippen molar-refractivity contribution in [3.63, 3.8) is 0 Å². The van der Waals surface area contributed by atoms with Crippen LogP contribution in [0.2, 0.25) is 0 Å². The summed E-state index contributed by atoms with van der Waals surface area (Å²) >= 11 is 3.04. The molecule has 0 fully saturated rings. The lowest BCUT2D eigenvalue weighted by Crippen LogP contribution is -2.28. The molecule has 0 amide bonds. The lowest BCUT2D eigenvalue weighted by Gasteiger charge is -2.11. The van der Waals surface area contributed by atoms with E-state index >= 15 is 0 Å². The number of rotatable bonds is 8. The van der Waals surface area contributed by atoms with Crippen molar-refractivity contribution in [2.45, 2.75) is 17.4 Å². The normalized spacial score (nSPS) is 13.1. The molecule has 21 heavy (non-hydrogen) atoms. The van der Waals surface area contributed by atoms with Crippen molar-refractivity contribution in [2.24, 2.45) is 0 Å². The van der Waals surface area contributed by atoms with Crippen LogP contribution in [0.3, 0.4) is 0 Å². The Balaban J connectivity index is 2.79. The van der Waals surface area contributed by atoms with Gasteiger partial charge in [-0.3, -0.25) is 0 Å². The summed E-state index contributed by atoms with van der Waals surface area (Å²) < 4.78 is 31.4. The van der Waals surface area contributed by atoms with E-state index in [2.05, 4.69) is 20.7 Å². The first-order chi connectivity index (χ1) is 9.77. The van der Waals surface area contributed by atoms with E-state index in [1.165, 1.54) is 19.2 Å². The quantitative estimate of drug-likeness (QED) is 0.614.